The van der Waals surface area contributed by atoms with Gasteiger partial charge in [-0.05, 0) is 18.2 Å². The molecule has 8 heteroatoms. The first-order valence-electron chi connectivity index (χ1n) is 5.49. The zero-order valence-electron chi connectivity index (χ0n) is 10.2. The van der Waals surface area contributed by atoms with E-state index in [2.05, 4.69) is 9.97 Å². The van der Waals surface area contributed by atoms with Crippen LogP contribution in [0, 0.1) is 0 Å². The summed E-state index contributed by atoms with van der Waals surface area (Å²) in [5, 5.41) is 1.74. The van der Waals surface area contributed by atoms with E-state index in [0.29, 0.717) is 22.0 Å². The van der Waals surface area contributed by atoms with Crippen LogP contribution < -0.4 is 22.1 Å². The lowest BCUT2D eigenvalue weighted by Gasteiger charge is -2.18. The Morgan fingerprint density at radius 3 is 2.80 bits per heavy atom. The molecule has 0 amide bonds. The van der Waals surface area contributed by atoms with Crippen LogP contribution in [0.5, 0.6) is 0 Å². The third-order valence-corrected chi connectivity index (χ3v) is 2.79. The molecule has 20 heavy (non-hydrogen) atoms. The molecule has 0 aliphatic rings. The molecule has 2 aromatic rings. The lowest BCUT2D eigenvalue weighted by molar-refractivity contribution is 1.06. The molecule has 0 aliphatic heterocycles. The number of hydrogen-bond acceptors (Lipinski definition) is 5. The molecule has 0 radical (unpaired) electrons. The van der Waals surface area contributed by atoms with E-state index >= 15 is 0 Å². The summed E-state index contributed by atoms with van der Waals surface area (Å²) in [5.74, 6) is 5.86. The van der Waals surface area contributed by atoms with Gasteiger partial charge in [0.15, 0.2) is 0 Å². The molecule has 0 saturated heterocycles. The van der Waals surface area contributed by atoms with Crippen LogP contribution in [0.2, 0.25) is 5.02 Å². The Hall–Kier alpha value is -2.02. The van der Waals surface area contributed by atoms with E-state index in [0.717, 1.165) is 0 Å². The fourth-order valence-corrected chi connectivity index (χ4v) is 1.93. The third kappa shape index (κ3) is 3.30. The predicted molar refractivity (Wildman–Crippen MR) is 80.1 cm³/mol. The van der Waals surface area contributed by atoms with Crippen molar-refractivity contribution in [3.63, 3.8) is 0 Å². The minimum atomic E-state index is -0.281. The van der Waals surface area contributed by atoms with E-state index < -0.39 is 0 Å². The summed E-state index contributed by atoms with van der Waals surface area (Å²) in [6.45, 7) is 0. The van der Waals surface area contributed by atoms with Crippen molar-refractivity contribution in [2.75, 3.05) is 5.01 Å². The van der Waals surface area contributed by atoms with Gasteiger partial charge in [-0.2, -0.15) is 0 Å². The molecule has 6 nitrogen and oxygen atoms in total. The summed E-state index contributed by atoms with van der Waals surface area (Å²) >= 11 is 11.6. The van der Waals surface area contributed by atoms with Gasteiger partial charge >= 0.3 is 0 Å². The molecule has 1 aromatic carbocycles. The lowest BCUT2D eigenvalue weighted by atomic mass is 10.1. The number of anilines is 1. The minimum Gasteiger partial charge on any atom is -0.388 e. The second-order valence-electron chi connectivity index (χ2n) is 3.88. The van der Waals surface area contributed by atoms with Gasteiger partial charge in [0.05, 0.1) is 23.9 Å². The molecule has 104 valence electrons. The van der Waals surface area contributed by atoms with Crippen molar-refractivity contribution in [2.45, 2.75) is 0 Å². The van der Waals surface area contributed by atoms with E-state index in [-0.39, 0.29) is 10.7 Å². The highest BCUT2D eigenvalue weighted by atomic mass is 35.5. The van der Waals surface area contributed by atoms with Gasteiger partial charge < -0.3 is 10.7 Å². The lowest BCUT2D eigenvalue weighted by Crippen LogP contribution is -2.26. The first-order chi connectivity index (χ1) is 9.47. The van der Waals surface area contributed by atoms with Crippen LogP contribution in [0.25, 0.3) is 11.3 Å². The van der Waals surface area contributed by atoms with Gasteiger partial charge in [0.1, 0.15) is 5.16 Å². The zero-order valence-corrected chi connectivity index (χ0v) is 11.7. The number of aromatic amines is 1. The largest absolute Gasteiger partial charge is 0.388 e. The monoisotopic (exact) mass is 311 g/mol. The number of nitrogens with two attached hydrogens (primary N) is 2. The maximum Gasteiger partial charge on any atom is 0.251 e. The van der Waals surface area contributed by atoms with Crippen LogP contribution >= 0.6 is 23.2 Å². The average Bonchev–Trinajstić information content (AvgIpc) is 2.37. The van der Waals surface area contributed by atoms with E-state index in [1.807, 2.05) is 0 Å². The van der Waals surface area contributed by atoms with Gasteiger partial charge in [-0.3, -0.25) is 9.80 Å². The van der Waals surface area contributed by atoms with Crippen LogP contribution in [-0.2, 0) is 0 Å². The highest BCUT2D eigenvalue weighted by molar-refractivity contribution is 6.31. The van der Waals surface area contributed by atoms with Crippen molar-refractivity contribution in [2.24, 2.45) is 11.6 Å². The van der Waals surface area contributed by atoms with Crippen LogP contribution in [-0.4, -0.2) is 9.97 Å². The van der Waals surface area contributed by atoms with Gasteiger partial charge in [0.2, 0.25) is 0 Å². The second-order valence-corrected chi connectivity index (χ2v) is 4.75. The van der Waals surface area contributed by atoms with E-state index in [9.17, 15) is 4.79 Å². The number of nitrogens with zero attached hydrogens (tertiary/aromatic N) is 2. The van der Waals surface area contributed by atoms with Crippen molar-refractivity contribution in [1.82, 2.24) is 9.97 Å². The fourth-order valence-electron chi connectivity index (χ4n) is 1.66. The van der Waals surface area contributed by atoms with Crippen LogP contribution in [0.3, 0.4) is 0 Å². The zero-order chi connectivity index (χ0) is 14.7. The SMILES string of the molecule is N/C(Cl)=C\N(N)c1ccc(Cl)cc1-c1cc(=O)[nH]cn1. The Balaban J connectivity index is 2.59. The predicted octanol–water partition coefficient (Wildman–Crippen LogP) is 1.77. The van der Waals surface area contributed by atoms with E-state index in [1.54, 1.807) is 18.2 Å². The molecule has 0 fully saturated rings. The molecular formula is C12H11Cl2N5O. The number of nitrogens with one attached hydrogen (secondary N) is 1. The summed E-state index contributed by atoms with van der Waals surface area (Å²) in [4.78, 5) is 17.9. The van der Waals surface area contributed by atoms with Gasteiger partial charge in [-0.1, -0.05) is 23.2 Å². The molecule has 0 atom stereocenters. The number of aromatic nitrogens is 2. The molecule has 0 aliphatic carbocycles. The number of halogens is 2. The molecule has 0 unspecified atom stereocenters. The minimum absolute atomic E-state index is 0.0206. The molecule has 0 spiro atoms. The van der Waals surface area contributed by atoms with E-state index in [1.165, 1.54) is 23.6 Å². The first-order valence-corrected chi connectivity index (χ1v) is 6.24. The summed E-state index contributed by atoms with van der Waals surface area (Å²) in [7, 11) is 0. The Morgan fingerprint density at radius 1 is 1.40 bits per heavy atom. The summed E-state index contributed by atoms with van der Waals surface area (Å²) in [5.41, 5.74) is 6.67. The Kier molecular flexibility index (Phi) is 4.29. The van der Waals surface area contributed by atoms with Crippen LogP contribution in [0.4, 0.5) is 5.69 Å². The number of benzene rings is 1. The third-order valence-electron chi connectivity index (χ3n) is 2.45. The van der Waals surface area contributed by atoms with E-state index in [4.69, 9.17) is 34.8 Å². The van der Waals surface area contributed by atoms with Gasteiger partial charge in [0.25, 0.3) is 5.56 Å². The normalized spacial score (nSPS) is 11.4. The van der Waals surface area contributed by atoms with Gasteiger partial charge in [-0.15, -0.1) is 0 Å². The smallest absolute Gasteiger partial charge is 0.251 e. The topological polar surface area (TPSA) is 101 Å². The van der Waals surface area contributed by atoms with Crippen molar-refractivity contribution in [3.05, 3.63) is 57.3 Å². The highest BCUT2D eigenvalue weighted by Crippen LogP contribution is 2.30. The molecule has 0 bridgehead atoms. The molecule has 1 heterocycles. The molecule has 0 saturated carbocycles. The molecule has 5 N–H and O–H groups in total. The van der Waals surface area contributed by atoms with Crippen molar-refractivity contribution in [3.8, 4) is 11.3 Å². The Labute approximate surface area is 124 Å². The maximum atomic E-state index is 11.4. The maximum absolute atomic E-state index is 11.4. The second kappa shape index (κ2) is 5.96. The number of hydrogen-bond donors (Lipinski definition) is 3. The quantitative estimate of drug-likeness (QED) is 0.455. The fraction of sp³-hybridized carbons (Fsp3) is 0. The van der Waals surface area contributed by atoms with Gasteiger partial charge in [0, 0.05) is 16.7 Å². The average molecular weight is 312 g/mol. The van der Waals surface area contributed by atoms with Crippen LogP contribution in [0.1, 0.15) is 0 Å². The highest BCUT2D eigenvalue weighted by Gasteiger charge is 2.11. The summed E-state index contributed by atoms with van der Waals surface area (Å²) in [6.07, 6.45) is 2.64. The molecule has 2 rings (SSSR count). The number of H-pyrrole nitrogens is 1. The van der Waals surface area contributed by atoms with Crippen LogP contribution in [0.15, 0.2) is 46.7 Å². The molecule has 1 aromatic heterocycles. The van der Waals surface area contributed by atoms with Crippen molar-refractivity contribution >= 4 is 28.9 Å². The van der Waals surface area contributed by atoms with Crippen molar-refractivity contribution in [1.29, 1.82) is 0 Å². The molecular weight excluding hydrogens is 301 g/mol. The summed E-state index contributed by atoms with van der Waals surface area (Å²) in [6, 6.07) is 6.33. The first kappa shape index (κ1) is 14.4. The number of rotatable bonds is 3. The number of hydrazine groups is 1. The van der Waals surface area contributed by atoms with Crippen molar-refractivity contribution < 1.29 is 0 Å². The van der Waals surface area contributed by atoms with Gasteiger partial charge in [-0.25, -0.2) is 10.8 Å². The Morgan fingerprint density at radius 2 is 2.15 bits per heavy atom. The summed E-state index contributed by atoms with van der Waals surface area (Å²) < 4.78 is 0. The Bertz CT molecular complexity index is 709. The standard InChI is InChI=1S/C12H11Cl2N5O/c13-7-1-2-10(19(16)5-11(14)15)8(3-7)9-4-12(20)18-6-17-9/h1-6H,15-16H2,(H,17,18,20)/b11-5-.